The quantitative estimate of drug-likeness (QED) is 0.696. The summed E-state index contributed by atoms with van der Waals surface area (Å²) < 4.78 is 10.6. The number of benzene rings is 1. The Morgan fingerprint density at radius 3 is 2.80 bits per heavy atom. The molecular formula is C19H20N2O4. The van der Waals surface area contributed by atoms with Crippen molar-refractivity contribution >= 4 is 17.1 Å². The van der Waals surface area contributed by atoms with Crippen molar-refractivity contribution in [1.29, 1.82) is 0 Å². The van der Waals surface area contributed by atoms with E-state index in [9.17, 15) is 9.59 Å². The topological polar surface area (TPSA) is 85.2 Å². The van der Waals surface area contributed by atoms with Crippen molar-refractivity contribution in [2.45, 2.75) is 26.7 Å². The van der Waals surface area contributed by atoms with Gasteiger partial charge in [0, 0.05) is 18.1 Å². The van der Waals surface area contributed by atoms with E-state index in [0.717, 1.165) is 5.56 Å². The number of nitrogens with one attached hydrogen (secondary N) is 1. The Balaban J connectivity index is 1.82. The zero-order chi connectivity index (χ0) is 17.8. The summed E-state index contributed by atoms with van der Waals surface area (Å²) in [6, 6.07) is 11.3. The van der Waals surface area contributed by atoms with Crippen LogP contribution in [0.15, 0.2) is 45.6 Å². The third-order valence-corrected chi connectivity index (χ3v) is 3.99. The fourth-order valence-electron chi connectivity index (χ4n) is 2.61. The number of furan rings is 1. The van der Waals surface area contributed by atoms with E-state index in [1.54, 1.807) is 19.9 Å². The zero-order valence-corrected chi connectivity index (χ0v) is 14.2. The highest BCUT2D eigenvalue weighted by atomic mass is 16.5. The van der Waals surface area contributed by atoms with Crippen LogP contribution in [0.2, 0.25) is 0 Å². The van der Waals surface area contributed by atoms with Crippen LogP contribution >= 0.6 is 0 Å². The van der Waals surface area contributed by atoms with E-state index in [1.807, 2.05) is 30.3 Å². The van der Waals surface area contributed by atoms with Gasteiger partial charge in [-0.2, -0.15) is 0 Å². The first-order chi connectivity index (χ1) is 12.1. The monoisotopic (exact) mass is 340 g/mol. The molecule has 2 heterocycles. The maximum Gasteiger partial charge on any atom is 0.308 e. The van der Waals surface area contributed by atoms with Gasteiger partial charge in [0.1, 0.15) is 17.1 Å². The fourth-order valence-corrected chi connectivity index (χ4v) is 2.61. The van der Waals surface area contributed by atoms with Crippen LogP contribution < -0.4 is 5.56 Å². The average molecular weight is 340 g/mol. The molecule has 0 aliphatic rings. The number of nitrogens with zero attached hydrogens (tertiary/aromatic N) is 1. The van der Waals surface area contributed by atoms with Gasteiger partial charge in [0.05, 0.1) is 12.5 Å². The van der Waals surface area contributed by atoms with E-state index in [1.165, 1.54) is 0 Å². The highest BCUT2D eigenvalue weighted by molar-refractivity contribution is 5.78. The lowest BCUT2D eigenvalue weighted by Crippen LogP contribution is -2.17. The Hall–Kier alpha value is -2.89. The van der Waals surface area contributed by atoms with Gasteiger partial charge >= 0.3 is 5.97 Å². The summed E-state index contributed by atoms with van der Waals surface area (Å²) in [5.41, 5.74) is 1.30. The predicted molar refractivity (Wildman–Crippen MR) is 94.2 cm³/mol. The Morgan fingerprint density at radius 1 is 1.32 bits per heavy atom. The highest BCUT2D eigenvalue weighted by Crippen LogP contribution is 2.24. The fraction of sp³-hybridized carbons (Fsp3) is 0.316. The predicted octanol–water partition coefficient (Wildman–Crippen LogP) is 3.31. The van der Waals surface area contributed by atoms with E-state index in [-0.39, 0.29) is 23.0 Å². The number of hydrogen-bond acceptors (Lipinski definition) is 5. The second kappa shape index (κ2) is 7.34. The molecule has 0 radical (unpaired) electrons. The molecule has 0 spiro atoms. The van der Waals surface area contributed by atoms with E-state index in [2.05, 4.69) is 9.97 Å². The first kappa shape index (κ1) is 17.0. The molecule has 1 N–H and O–H groups in total. The van der Waals surface area contributed by atoms with Crippen molar-refractivity contribution in [3.8, 4) is 11.3 Å². The summed E-state index contributed by atoms with van der Waals surface area (Å²) in [5, 5.41) is 0. The third kappa shape index (κ3) is 3.79. The van der Waals surface area contributed by atoms with Crippen molar-refractivity contribution in [3.63, 3.8) is 0 Å². The van der Waals surface area contributed by atoms with Crippen molar-refractivity contribution in [2.75, 3.05) is 6.61 Å². The number of aromatic nitrogens is 2. The standard InChI is InChI=1S/C19H20N2O4/c1-3-24-19(23)12(2)9-10-16-20-14-11-15(13-7-5-4-6-8-13)25-17(14)18(22)21-16/h4-8,11-12H,3,9-10H2,1-2H3,(H,20,21,22). The number of hydrogen-bond donors (Lipinski definition) is 1. The number of rotatable bonds is 6. The van der Waals surface area contributed by atoms with E-state index in [0.29, 0.717) is 36.5 Å². The van der Waals surface area contributed by atoms with Gasteiger partial charge in [-0.25, -0.2) is 4.98 Å². The van der Waals surface area contributed by atoms with Crippen LogP contribution in [0, 0.1) is 5.92 Å². The van der Waals surface area contributed by atoms with Crippen LogP contribution in [0.5, 0.6) is 0 Å². The number of ether oxygens (including phenoxy) is 1. The zero-order valence-electron chi connectivity index (χ0n) is 14.2. The maximum atomic E-state index is 12.2. The molecule has 0 aliphatic heterocycles. The number of carbonyl (C=O) groups excluding carboxylic acids is 1. The minimum Gasteiger partial charge on any atom is -0.466 e. The van der Waals surface area contributed by atoms with E-state index >= 15 is 0 Å². The Morgan fingerprint density at radius 2 is 2.08 bits per heavy atom. The average Bonchev–Trinajstić information content (AvgIpc) is 3.05. The molecule has 2 aromatic heterocycles. The van der Waals surface area contributed by atoms with Gasteiger partial charge in [-0.3, -0.25) is 9.59 Å². The third-order valence-electron chi connectivity index (χ3n) is 3.99. The highest BCUT2D eigenvalue weighted by Gasteiger charge is 2.16. The van der Waals surface area contributed by atoms with Crippen molar-refractivity contribution in [3.05, 3.63) is 52.6 Å². The SMILES string of the molecule is CCOC(=O)C(C)CCc1nc2cc(-c3ccccc3)oc2c(=O)[nH]1. The minimum atomic E-state index is -0.314. The largest absolute Gasteiger partial charge is 0.466 e. The summed E-state index contributed by atoms with van der Waals surface area (Å²) in [6.07, 6.45) is 1.04. The van der Waals surface area contributed by atoms with Crippen molar-refractivity contribution < 1.29 is 13.9 Å². The first-order valence-corrected chi connectivity index (χ1v) is 8.33. The lowest BCUT2D eigenvalue weighted by Gasteiger charge is -2.09. The van der Waals surface area contributed by atoms with Crippen LogP contribution in [0.3, 0.4) is 0 Å². The summed E-state index contributed by atoms with van der Waals surface area (Å²) in [6.45, 7) is 3.95. The molecule has 0 aliphatic carbocycles. The van der Waals surface area contributed by atoms with Gasteiger partial charge in [-0.15, -0.1) is 0 Å². The van der Waals surface area contributed by atoms with Gasteiger partial charge in [-0.1, -0.05) is 37.3 Å². The molecule has 3 aromatic rings. The molecule has 0 saturated heterocycles. The smallest absolute Gasteiger partial charge is 0.308 e. The normalized spacial score (nSPS) is 12.2. The number of aryl methyl sites for hydroxylation is 1. The van der Waals surface area contributed by atoms with Crippen LogP contribution in [0.1, 0.15) is 26.1 Å². The summed E-state index contributed by atoms with van der Waals surface area (Å²) in [4.78, 5) is 31.1. The number of esters is 1. The molecule has 1 aromatic carbocycles. The van der Waals surface area contributed by atoms with Crippen molar-refractivity contribution in [1.82, 2.24) is 9.97 Å². The molecule has 130 valence electrons. The van der Waals surface area contributed by atoms with Gasteiger partial charge < -0.3 is 14.1 Å². The lowest BCUT2D eigenvalue weighted by molar-refractivity contribution is -0.147. The molecule has 0 saturated carbocycles. The molecule has 3 rings (SSSR count). The maximum absolute atomic E-state index is 12.2. The molecule has 0 bridgehead atoms. The van der Waals surface area contributed by atoms with E-state index < -0.39 is 0 Å². The van der Waals surface area contributed by atoms with Crippen LogP contribution in [-0.4, -0.2) is 22.5 Å². The Bertz CT molecular complexity index is 927. The summed E-state index contributed by atoms with van der Waals surface area (Å²) in [7, 11) is 0. The minimum absolute atomic E-state index is 0.209. The molecule has 6 nitrogen and oxygen atoms in total. The molecule has 0 fully saturated rings. The Kier molecular flexibility index (Phi) is 4.97. The molecule has 1 atom stereocenters. The number of aromatic amines is 1. The van der Waals surface area contributed by atoms with Crippen LogP contribution in [0.25, 0.3) is 22.4 Å². The van der Waals surface area contributed by atoms with Gasteiger partial charge in [0.15, 0.2) is 0 Å². The van der Waals surface area contributed by atoms with Gasteiger partial charge in [0.25, 0.3) is 5.56 Å². The second-order valence-electron chi connectivity index (χ2n) is 5.90. The number of carbonyl (C=O) groups is 1. The summed E-state index contributed by atoms with van der Waals surface area (Å²) >= 11 is 0. The Labute approximate surface area is 144 Å². The van der Waals surface area contributed by atoms with E-state index in [4.69, 9.17) is 9.15 Å². The first-order valence-electron chi connectivity index (χ1n) is 8.33. The molecule has 1 unspecified atom stereocenters. The van der Waals surface area contributed by atoms with Crippen molar-refractivity contribution in [2.24, 2.45) is 5.92 Å². The lowest BCUT2D eigenvalue weighted by atomic mass is 10.1. The molecular weight excluding hydrogens is 320 g/mol. The molecule has 25 heavy (non-hydrogen) atoms. The van der Waals surface area contributed by atoms with Crippen LogP contribution in [0.4, 0.5) is 0 Å². The van der Waals surface area contributed by atoms with Crippen LogP contribution in [-0.2, 0) is 16.0 Å². The second-order valence-corrected chi connectivity index (χ2v) is 5.90. The summed E-state index contributed by atoms with van der Waals surface area (Å²) in [5.74, 6) is 0.658. The number of H-pyrrole nitrogens is 1. The molecule has 0 amide bonds. The van der Waals surface area contributed by atoms with Gasteiger partial charge in [-0.05, 0) is 13.3 Å². The van der Waals surface area contributed by atoms with Gasteiger partial charge in [0.2, 0.25) is 5.58 Å². The number of fused-ring (bicyclic) bond motifs is 1. The molecule has 6 heteroatoms.